The molecule has 1 aliphatic heterocycles. The minimum Gasteiger partial charge on any atom is -0.367 e. The average molecular weight is 166 g/mol. The molecule has 2 rings (SSSR count). The molecule has 1 saturated heterocycles. The van der Waals surface area contributed by atoms with Gasteiger partial charge in [-0.1, -0.05) is 0 Å². The van der Waals surface area contributed by atoms with Crippen LogP contribution in [0.2, 0.25) is 0 Å². The number of hydrogen-bond acceptors (Lipinski definition) is 3. The van der Waals surface area contributed by atoms with Crippen molar-refractivity contribution in [2.75, 3.05) is 6.54 Å². The minimum atomic E-state index is 0.407. The molecule has 0 spiro atoms. The smallest absolute Gasteiger partial charge is 0.0493 e. The highest BCUT2D eigenvalue weighted by Gasteiger charge is 2.23. The first-order chi connectivity index (χ1) is 5.90. The highest BCUT2D eigenvalue weighted by molar-refractivity contribution is 5.15. The molecule has 0 radical (unpaired) electrons. The van der Waals surface area contributed by atoms with Crippen molar-refractivity contribution in [1.29, 1.82) is 0 Å². The molecule has 1 fully saturated rings. The molecule has 66 valence electrons. The Bertz CT molecular complexity index is 231. The number of hydrogen-bond donors (Lipinski definition) is 4. The van der Waals surface area contributed by atoms with E-state index in [2.05, 4.69) is 21.9 Å². The third kappa shape index (κ3) is 1.36. The Morgan fingerprint density at radius 1 is 1.50 bits per heavy atom. The van der Waals surface area contributed by atoms with Gasteiger partial charge < -0.3 is 10.7 Å². The van der Waals surface area contributed by atoms with Gasteiger partial charge in [-0.05, 0) is 18.1 Å². The number of nitrogens with one attached hydrogen (secondary N) is 3. The maximum Gasteiger partial charge on any atom is 0.0493 e. The molecule has 0 bridgehead atoms. The molecule has 0 saturated carbocycles. The molecule has 2 atom stereocenters. The van der Waals surface area contributed by atoms with Gasteiger partial charge >= 0.3 is 0 Å². The van der Waals surface area contributed by atoms with Gasteiger partial charge in [0.15, 0.2) is 0 Å². The maximum absolute atomic E-state index is 5.54. The number of nitrogens with two attached hydrogens (primary N) is 1. The number of H-pyrrole nitrogens is 1. The summed E-state index contributed by atoms with van der Waals surface area (Å²) in [6.07, 6.45) is 5.01. The Kier molecular flexibility index (Phi) is 2.12. The van der Waals surface area contributed by atoms with Crippen molar-refractivity contribution in [2.45, 2.75) is 18.5 Å². The normalized spacial score (nSPS) is 29.4. The second kappa shape index (κ2) is 3.26. The Balaban J connectivity index is 2.00. The van der Waals surface area contributed by atoms with Crippen LogP contribution in [0.5, 0.6) is 0 Å². The lowest BCUT2D eigenvalue weighted by atomic mass is 10.1. The SMILES string of the molecule is NCC1CC(c2cc[nH]c2)NN1. The molecular formula is C8H14N4. The third-order valence-electron chi connectivity index (χ3n) is 2.29. The van der Waals surface area contributed by atoms with Crippen LogP contribution in [0.3, 0.4) is 0 Å². The molecule has 12 heavy (non-hydrogen) atoms. The lowest BCUT2D eigenvalue weighted by molar-refractivity contribution is 0.547. The Labute approximate surface area is 71.5 Å². The summed E-state index contributed by atoms with van der Waals surface area (Å²) in [5.74, 6) is 0. The molecule has 2 unspecified atom stereocenters. The fraction of sp³-hybridized carbons (Fsp3) is 0.500. The van der Waals surface area contributed by atoms with Gasteiger partial charge in [0.2, 0.25) is 0 Å². The molecular weight excluding hydrogens is 152 g/mol. The molecule has 2 heterocycles. The van der Waals surface area contributed by atoms with E-state index in [9.17, 15) is 0 Å². The minimum absolute atomic E-state index is 0.407. The first-order valence-electron chi connectivity index (χ1n) is 4.24. The lowest BCUT2D eigenvalue weighted by Crippen LogP contribution is -2.35. The monoisotopic (exact) mass is 166 g/mol. The van der Waals surface area contributed by atoms with Gasteiger partial charge in [-0.25, -0.2) is 5.43 Å². The maximum atomic E-state index is 5.54. The second-order valence-electron chi connectivity index (χ2n) is 3.15. The molecule has 0 aliphatic carbocycles. The van der Waals surface area contributed by atoms with Gasteiger partial charge in [-0.3, -0.25) is 5.43 Å². The molecule has 1 aromatic heterocycles. The zero-order chi connectivity index (χ0) is 8.39. The van der Waals surface area contributed by atoms with E-state index in [0.29, 0.717) is 18.6 Å². The van der Waals surface area contributed by atoms with Gasteiger partial charge in [0.1, 0.15) is 0 Å². The summed E-state index contributed by atoms with van der Waals surface area (Å²) < 4.78 is 0. The number of aromatic amines is 1. The van der Waals surface area contributed by atoms with Crippen LogP contribution in [0, 0.1) is 0 Å². The molecule has 4 heteroatoms. The van der Waals surface area contributed by atoms with E-state index < -0.39 is 0 Å². The van der Waals surface area contributed by atoms with Gasteiger partial charge in [-0.15, -0.1) is 0 Å². The van der Waals surface area contributed by atoms with Crippen LogP contribution in [-0.2, 0) is 0 Å². The summed E-state index contributed by atoms with van der Waals surface area (Å²) in [6, 6.07) is 2.90. The van der Waals surface area contributed by atoms with E-state index in [0.717, 1.165) is 6.42 Å². The predicted molar refractivity (Wildman–Crippen MR) is 47.3 cm³/mol. The van der Waals surface area contributed by atoms with Crippen molar-refractivity contribution in [2.24, 2.45) is 5.73 Å². The van der Waals surface area contributed by atoms with Crippen molar-refractivity contribution in [3.05, 3.63) is 24.0 Å². The second-order valence-corrected chi connectivity index (χ2v) is 3.15. The summed E-state index contributed by atoms with van der Waals surface area (Å²) in [5.41, 5.74) is 13.2. The molecule has 0 aromatic carbocycles. The first kappa shape index (κ1) is 7.79. The Morgan fingerprint density at radius 3 is 3.00 bits per heavy atom. The zero-order valence-corrected chi connectivity index (χ0v) is 6.88. The average Bonchev–Trinajstić information content (AvgIpc) is 2.75. The van der Waals surface area contributed by atoms with Gasteiger partial charge in [0, 0.05) is 31.0 Å². The quantitative estimate of drug-likeness (QED) is 0.495. The summed E-state index contributed by atoms with van der Waals surface area (Å²) in [4.78, 5) is 3.04. The zero-order valence-electron chi connectivity index (χ0n) is 6.88. The summed E-state index contributed by atoms with van der Waals surface area (Å²) in [7, 11) is 0. The topological polar surface area (TPSA) is 65.9 Å². The van der Waals surface area contributed by atoms with Gasteiger partial charge in [0.25, 0.3) is 0 Å². The molecule has 1 aromatic rings. The van der Waals surface area contributed by atoms with E-state index in [-0.39, 0.29) is 0 Å². The standard InChI is InChI=1S/C8H14N4/c9-4-7-3-8(12-11-7)6-1-2-10-5-6/h1-2,5,7-8,10-12H,3-4,9H2. The first-order valence-corrected chi connectivity index (χ1v) is 4.24. The summed E-state index contributed by atoms with van der Waals surface area (Å²) in [6.45, 7) is 0.688. The van der Waals surface area contributed by atoms with Crippen molar-refractivity contribution in [3.8, 4) is 0 Å². The van der Waals surface area contributed by atoms with E-state index in [1.54, 1.807) is 0 Å². The number of rotatable bonds is 2. The van der Waals surface area contributed by atoms with Crippen LogP contribution in [0.1, 0.15) is 18.0 Å². The largest absolute Gasteiger partial charge is 0.367 e. The molecule has 4 nitrogen and oxygen atoms in total. The predicted octanol–water partition coefficient (Wildman–Crippen LogP) is -0.119. The van der Waals surface area contributed by atoms with Crippen molar-refractivity contribution < 1.29 is 0 Å². The fourth-order valence-electron chi connectivity index (χ4n) is 1.55. The van der Waals surface area contributed by atoms with E-state index >= 15 is 0 Å². The van der Waals surface area contributed by atoms with E-state index in [4.69, 9.17) is 5.73 Å². The number of aromatic nitrogens is 1. The van der Waals surface area contributed by atoms with Crippen LogP contribution < -0.4 is 16.6 Å². The fourth-order valence-corrected chi connectivity index (χ4v) is 1.55. The van der Waals surface area contributed by atoms with Crippen LogP contribution in [0.15, 0.2) is 18.5 Å². The highest BCUT2D eigenvalue weighted by Crippen LogP contribution is 2.20. The molecule has 0 amide bonds. The van der Waals surface area contributed by atoms with Crippen LogP contribution in [0.4, 0.5) is 0 Å². The molecule has 1 aliphatic rings. The molecule has 5 N–H and O–H groups in total. The Hall–Kier alpha value is -0.840. The van der Waals surface area contributed by atoms with Crippen molar-refractivity contribution in [3.63, 3.8) is 0 Å². The number of hydrazine groups is 1. The highest BCUT2D eigenvalue weighted by atomic mass is 15.4. The third-order valence-corrected chi connectivity index (χ3v) is 2.29. The van der Waals surface area contributed by atoms with Crippen LogP contribution >= 0.6 is 0 Å². The summed E-state index contributed by atoms with van der Waals surface area (Å²) >= 11 is 0. The summed E-state index contributed by atoms with van der Waals surface area (Å²) in [5, 5.41) is 0. The van der Waals surface area contributed by atoms with Crippen LogP contribution in [0.25, 0.3) is 0 Å². The van der Waals surface area contributed by atoms with E-state index in [1.807, 2.05) is 12.4 Å². The van der Waals surface area contributed by atoms with Crippen molar-refractivity contribution in [1.82, 2.24) is 15.8 Å². The lowest BCUT2D eigenvalue weighted by Gasteiger charge is -2.05. The van der Waals surface area contributed by atoms with Gasteiger partial charge in [0.05, 0.1) is 0 Å². The Morgan fingerprint density at radius 2 is 2.42 bits per heavy atom. The van der Waals surface area contributed by atoms with E-state index in [1.165, 1.54) is 5.56 Å². The van der Waals surface area contributed by atoms with Crippen LogP contribution in [-0.4, -0.2) is 17.6 Å². The van der Waals surface area contributed by atoms with Gasteiger partial charge in [-0.2, -0.15) is 0 Å². The van der Waals surface area contributed by atoms with Crippen molar-refractivity contribution >= 4 is 0 Å².